The highest BCUT2D eigenvalue weighted by molar-refractivity contribution is 5.78. The Morgan fingerprint density at radius 2 is 2.09 bits per heavy atom. The van der Waals surface area contributed by atoms with Gasteiger partial charge in [0.1, 0.15) is 0 Å². The van der Waals surface area contributed by atoms with Crippen molar-refractivity contribution < 1.29 is 9.90 Å². The van der Waals surface area contributed by atoms with Gasteiger partial charge in [0.2, 0.25) is 5.91 Å². The molecule has 0 aliphatic rings. The van der Waals surface area contributed by atoms with E-state index in [2.05, 4.69) is 15.5 Å². The molecule has 2 atom stereocenters. The Hall–Kier alpha value is -2.14. The van der Waals surface area contributed by atoms with Crippen LogP contribution < -0.4 is 5.32 Å². The molecular formula is C18H25N3O2. The van der Waals surface area contributed by atoms with Crippen LogP contribution in [0.4, 0.5) is 0 Å². The zero-order chi connectivity index (χ0) is 17.0. The Kier molecular flexibility index (Phi) is 5.55. The van der Waals surface area contributed by atoms with E-state index >= 15 is 0 Å². The summed E-state index contributed by atoms with van der Waals surface area (Å²) >= 11 is 0. The number of hydrogen-bond donors (Lipinski definition) is 3. The van der Waals surface area contributed by atoms with E-state index in [0.717, 1.165) is 28.1 Å². The van der Waals surface area contributed by atoms with Crippen molar-refractivity contribution in [1.29, 1.82) is 0 Å². The second-order valence-corrected chi connectivity index (χ2v) is 6.19. The molecule has 1 aromatic heterocycles. The van der Waals surface area contributed by atoms with Gasteiger partial charge in [-0.1, -0.05) is 36.8 Å². The third kappa shape index (κ3) is 4.42. The van der Waals surface area contributed by atoms with Gasteiger partial charge < -0.3 is 10.4 Å². The molecule has 0 fully saturated rings. The molecule has 3 N–H and O–H groups in total. The number of nitrogens with zero attached hydrogens (tertiary/aromatic N) is 1. The van der Waals surface area contributed by atoms with Crippen LogP contribution in [-0.2, 0) is 11.2 Å². The number of rotatable bonds is 6. The predicted molar refractivity (Wildman–Crippen MR) is 90.1 cm³/mol. The topological polar surface area (TPSA) is 78.0 Å². The number of carbonyl (C=O) groups excluding carboxylic acids is 1. The van der Waals surface area contributed by atoms with Gasteiger partial charge in [-0.3, -0.25) is 9.89 Å². The highest BCUT2D eigenvalue weighted by atomic mass is 16.3. The van der Waals surface area contributed by atoms with E-state index in [0.29, 0.717) is 6.42 Å². The van der Waals surface area contributed by atoms with Crippen molar-refractivity contribution in [2.75, 3.05) is 6.54 Å². The average molecular weight is 315 g/mol. The lowest BCUT2D eigenvalue weighted by Gasteiger charge is -2.16. The minimum Gasteiger partial charge on any atom is -0.387 e. The molecular weight excluding hydrogens is 290 g/mol. The smallest absolute Gasteiger partial charge is 0.223 e. The van der Waals surface area contributed by atoms with Crippen molar-refractivity contribution >= 4 is 5.91 Å². The number of aliphatic hydroxyl groups excluding tert-OH is 1. The van der Waals surface area contributed by atoms with Crippen LogP contribution in [0.15, 0.2) is 24.3 Å². The number of hydrogen-bond acceptors (Lipinski definition) is 3. The molecule has 5 nitrogen and oxygen atoms in total. The third-order valence-corrected chi connectivity index (χ3v) is 4.14. The maximum atomic E-state index is 12.2. The molecule has 0 aliphatic heterocycles. The predicted octanol–water partition coefficient (Wildman–Crippen LogP) is 2.36. The summed E-state index contributed by atoms with van der Waals surface area (Å²) in [5, 5.41) is 20.1. The van der Waals surface area contributed by atoms with Gasteiger partial charge in [0, 0.05) is 18.2 Å². The third-order valence-electron chi connectivity index (χ3n) is 4.14. The molecule has 0 aliphatic carbocycles. The zero-order valence-corrected chi connectivity index (χ0v) is 14.2. The fourth-order valence-corrected chi connectivity index (χ4v) is 2.64. The largest absolute Gasteiger partial charge is 0.387 e. The molecule has 2 aromatic rings. The van der Waals surface area contributed by atoms with Crippen LogP contribution in [0.25, 0.3) is 0 Å². The van der Waals surface area contributed by atoms with Crippen LogP contribution in [0.5, 0.6) is 0 Å². The summed E-state index contributed by atoms with van der Waals surface area (Å²) in [6, 6.07) is 7.68. The van der Waals surface area contributed by atoms with Gasteiger partial charge in [0.15, 0.2) is 0 Å². The van der Waals surface area contributed by atoms with Crippen molar-refractivity contribution in [3.8, 4) is 0 Å². The molecule has 1 aromatic carbocycles. The van der Waals surface area contributed by atoms with Gasteiger partial charge in [0.25, 0.3) is 0 Å². The van der Waals surface area contributed by atoms with Crippen LogP contribution >= 0.6 is 0 Å². The SMILES string of the molecule is Cc1cccc(C(O)CNC(=O)C(C)Cc2c(C)n[nH]c2C)c1. The fraction of sp³-hybridized carbons (Fsp3) is 0.444. The fourth-order valence-electron chi connectivity index (χ4n) is 2.64. The first-order valence-corrected chi connectivity index (χ1v) is 7.91. The minimum absolute atomic E-state index is 0.0586. The van der Waals surface area contributed by atoms with Gasteiger partial charge in [-0.15, -0.1) is 0 Å². The van der Waals surface area contributed by atoms with Crippen molar-refractivity contribution in [3.05, 3.63) is 52.3 Å². The monoisotopic (exact) mass is 315 g/mol. The number of aromatic amines is 1. The molecule has 124 valence electrons. The number of carbonyl (C=O) groups is 1. The van der Waals surface area contributed by atoms with Gasteiger partial charge in [-0.2, -0.15) is 5.10 Å². The molecule has 1 heterocycles. The van der Waals surface area contributed by atoms with Gasteiger partial charge in [-0.05, 0) is 38.3 Å². The van der Waals surface area contributed by atoms with E-state index in [1.54, 1.807) is 0 Å². The van der Waals surface area contributed by atoms with E-state index in [9.17, 15) is 9.90 Å². The van der Waals surface area contributed by atoms with Crippen LogP contribution in [0.2, 0.25) is 0 Å². The summed E-state index contributed by atoms with van der Waals surface area (Å²) in [6.07, 6.45) is -0.0518. The summed E-state index contributed by atoms with van der Waals surface area (Å²) < 4.78 is 0. The standard InChI is InChI=1S/C18H25N3O2/c1-11-6-5-7-15(8-11)17(22)10-19-18(23)12(2)9-16-13(3)20-21-14(16)4/h5-8,12,17,22H,9-10H2,1-4H3,(H,19,23)(H,20,21). The van der Waals surface area contributed by atoms with Crippen molar-refractivity contribution in [3.63, 3.8) is 0 Å². The Morgan fingerprint density at radius 1 is 1.35 bits per heavy atom. The van der Waals surface area contributed by atoms with Gasteiger partial charge in [0.05, 0.1) is 11.8 Å². The lowest BCUT2D eigenvalue weighted by molar-refractivity contribution is -0.124. The second kappa shape index (κ2) is 7.42. The molecule has 0 spiro atoms. The lowest BCUT2D eigenvalue weighted by Crippen LogP contribution is -2.33. The normalized spacial score (nSPS) is 13.6. The van der Waals surface area contributed by atoms with Crippen molar-refractivity contribution in [1.82, 2.24) is 15.5 Å². The van der Waals surface area contributed by atoms with E-state index in [1.165, 1.54) is 0 Å². The number of aryl methyl sites for hydroxylation is 3. The van der Waals surface area contributed by atoms with Crippen LogP contribution in [0, 0.1) is 26.7 Å². The Balaban J connectivity index is 1.89. The molecule has 2 rings (SSSR count). The minimum atomic E-state index is -0.691. The first kappa shape index (κ1) is 17.2. The summed E-state index contributed by atoms with van der Waals surface area (Å²) in [6.45, 7) is 7.98. The molecule has 0 radical (unpaired) electrons. The van der Waals surface area contributed by atoms with Crippen molar-refractivity contribution in [2.24, 2.45) is 5.92 Å². The first-order valence-electron chi connectivity index (χ1n) is 7.91. The zero-order valence-electron chi connectivity index (χ0n) is 14.2. The maximum absolute atomic E-state index is 12.2. The van der Waals surface area contributed by atoms with E-state index < -0.39 is 6.10 Å². The van der Waals surface area contributed by atoms with E-state index in [-0.39, 0.29) is 18.4 Å². The van der Waals surface area contributed by atoms with Crippen LogP contribution in [-0.4, -0.2) is 27.8 Å². The van der Waals surface area contributed by atoms with E-state index in [4.69, 9.17) is 0 Å². The quantitative estimate of drug-likeness (QED) is 0.766. The highest BCUT2D eigenvalue weighted by Crippen LogP contribution is 2.16. The molecule has 1 amide bonds. The summed E-state index contributed by atoms with van der Waals surface area (Å²) in [7, 11) is 0. The molecule has 0 saturated heterocycles. The molecule has 2 unspecified atom stereocenters. The number of amides is 1. The van der Waals surface area contributed by atoms with Gasteiger partial charge in [-0.25, -0.2) is 0 Å². The summed E-state index contributed by atoms with van der Waals surface area (Å²) in [5.41, 5.74) is 4.93. The number of benzene rings is 1. The maximum Gasteiger partial charge on any atom is 0.223 e. The molecule has 0 saturated carbocycles. The number of nitrogens with one attached hydrogen (secondary N) is 2. The average Bonchev–Trinajstić information content (AvgIpc) is 2.84. The van der Waals surface area contributed by atoms with Gasteiger partial charge >= 0.3 is 0 Å². The number of H-pyrrole nitrogens is 1. The summed E-state index contributed by atoms with van der Waals surface area (Å²) in [5.74, 6) is -0.230. The number of aliphatic hydroxyl groups is 1. The lowest BCUT2D eigenvalue weighted by atomic mass is 9.98. The van der Waals surface area contributed by atoms with Crippen LogP contribution in [0.3, 0.4) is 0 Å². The Labute approximate surface area is 137 Å². The van der Waals surface area contributed by atoms with Crippen molar-refractivity contribution in [2.45, 2.75) is 40.2 Å². The number of aromatic nitrogens is 2. The van der Waals surface area contributed by atoms with E-state index in [1.807, 2.05) is 52.0 Å². The first-order chi connectivity index (χ1) is 10.9. The molecule has 23 heavy (non-hydrogen) atoms. The molecule has 5 heteroatoms. The Morgan fingerprint density at radius 3 is 2.70 bits per heavy atom. The van der Waals surface area contributed by atoms with Crippen LogP contribution in [0.1, 0.15) is 41.1 Å². The Bertz CT molecular complexity index is 659. The highest BCUT2D eigenvalue weighted by Gasteiger charge is 2.18. The summed E-state index contributed by atoms with van der Waals surface area (Å²) in [4.78, 5) is 12.2. The second-order valence-electron chi connectivity index (χ2n) is 6.19. The molecule has 0 bridgehead atoms.